The van der Waals surface area contributed by atoms with E-state index in [9.17, 15) is 18.0 Å². The molecule has 1 aromatic carbocycles. The molecule has 1 unspecified atom stereocenters. The Morgan fingerprint density at radius 3 is 2.40 bits per heavy atom. The highest BCUT2D eigenvalue weighted by atomic mass is 19.3. The third kappa shape index (κ3) is 4.15. The number of piperidine rings is 1. The fourth-order valence-electron chi connectivity index (χ4n) is 3.99. The first-order chi connectivity index (χ1) is 11.7. The number of benzene rings is 1. The Bertz CT molecular complexity index is 633. The van der Waals surface area contributed by atoms with E-state index >= 15 is 4.39 Å². The van der Waals surface area contributed by atoms with Crippen LogP contribution in [-0.2, 0) is 10.5 Å². The Morgan fingerprint density at radius 1 is 1.16 bits per heavy atom. The van der Waals surface area contributed by atoms with Crippen molar-refractivity contribution in [2.75, 3.05) is 13.1 Å². The average Bonchev–Trinajstić information content (AvgIpc) is 2.85. The zero-order chi connectivity index (χ0) is 18.2. The number of nitrogens with zero attached hydrogens (tertiary/aromatic N) is 1. The van der Waals surface area contributed by atoms with Crippen LogP contribution in [-0.4, -0.2) is 29.8 Å². The van der Waals surface area contributed by atoms with E-state index in [2.05, 4.69) is 0 Å². The van der Waals surface area contributed by atoms with Gasteiger partial charge in [0.2, 0.25) is 11.8 Å². The second-order valence-electron chi connectivity index (χ2n) is 7.53. The highest BCUT2D eigenvalue weighted by molar-refractivity contribution is 5.76. The van der Waals surface area contributed by atoms with Crippen LogP contribution >= 0.6 is 0 Å². The number of amides is 1. The summed E-state index contributed by atoms with van der Waals surface area (Å²) in [4.78, 5) is 13.9. The number of carbonyl (C=O) groups excluding carboxylic acids is 1. The highest BCUT2D eigenvalue weighted by Crippen LogP contribution is 2.41. The summed E-state index contributed by atoms with van der Waals surface area (Å²) in [6.07, 6.45) is 0.278. The molecule has 1 aliphatic heterocycles. The summed E-state index contributed by atoms with van der Waals surface area (Å²) in [7, 11) is 0. The largest absolute Gasteiger partial charge is 0.342 e. The topological polar surface area (TPSA) is 20.3 Å². The predicted molar refractivity (Wildman–Crippen MR) is 86.6 cm³/mol. The Labute approximate surface area is 145 Å². The molecule has 0 bridgehead atoms. The number of likely N-dealkylation sites (tertiary alicyclic amines) is 1. The number of carbonyl (C=O) groups is 1. The van der Waals surface area contributed by atoms with Crippen LogP contribution in [0.5, 0.6) is 0 Å². The summed E-state index contributed by atoms with van der Waals surface area (Å²) in [5, 5.41) is 0. The summed E-state index contributed by atoms with van der Waals surface area (Å²) in [5.41, 5.74) is -0.676. The van der Waals surface area contributed by atoms with Gasteiger partial charge < -0.3 is 4.90 Å². The van der Waals surface area contributed by atoms with Crippen molar-refractivity contribution in [2.45, 2.75) is 57.0 Å². The Hall–Kier alpha value is -1.59. The zero-order valence-electron chi connectivity index (χ0n) is 14.3. The minimum absolute atomic E-state index is 0.0997. The van der Waals surface area contributed by atoms with Crippen molar-refractivity contribution in [3.63, 3.8) is 0 Å². The lowest BCUT2D eigenvalue weighted by Crippen LogP contribution is -2.43. The third-order valence-corrected chi connectivity index (χ3v) is 5.44. The van der Waals surface area contributed by atoms with E-state index in [1.807, 2.05) is 0 Å². The smallest absolute Gasteiger partial charge is 0.248 e. The van der Waals surface area contributed by atoms with Crippen LogP contribution in [0.3, 0.4) is 0 Å². The first-order valence-electron chi connectivity index (χ1n) is 8.79. The minimum atomic E-state index is -2.66. The van der Waals surface area contributed by atoms with Crippen LogP contribution < -0.4 is 0 Å². The van der Waals surface area contributed by atoms with E-state index in [0.717, 1.165) is 0 Å². The molecule has 1 atom stereocenters. The highest BCUT2D eigenvalue weighted by Gasteiger charge is 2.42. The molecule has 0 N–H and O–H groups in total. The van der Waals surface area contributed by atoms with Crippen LogP contribution in [0.2, 0.25) is 0 Å². The molecule has 1 aromatic rings. The molecule has 1 aliphatic carbocycles. The van der Waals surface area contributed by atoms with E-state index in [-0.39, 0.29) is 57.0 Å². The van der Waals surface area contributed by atoms with E-state index in [1.54, 1.807) is 17.9 Å². The lowest BCUT2D eigenvalue weighted by atomic mass is 9.85. The lowest BCUT2D eigenvalue weighted by molar-refractivity contribution is -0.135. The van der Waals surface area contributed by atoms with Crippen LogP contribution in [0.25, 0.3) is 0 Å². The van der Waals surface area contributed by atoms with Gasteiger partial charge in [0.25, 0.3) is 0 Å². The van der Waals surface area contributed by atoms with E-state index in [4.69, 9.17) is 0 Å². The van der Waals surface area contributed by atoms with Crippen LogP contribution in [0.15, 0.2) is 18.2 Å². The number of hydrogen-bond acceptors (Lipinski definition) is 1. The van der Waals surface area contributed by atoms with Gasteiger partial charge in [0.05, 0.1) is 0 Å². The van der Waals surface area contributed by atoms with Gasteiger partial charge in [-0.1, -0.05) is 6.07 Å². The lowest BCUT2D eigenvalue weighted by Gasteiger charge is -2.37. The summed E-state index contributed by atoms with van der Waals surface area (Å²) in [6, 6.07) is 4.20. The quantitative estimate of drug-likeness (QED) is 0.715. The average molecular weight is 357 g/mol. The molecule has 1 saturated carbocycles. The normalized spacial score (nSPS) is 25.2. The number of hydrogen-bond donors (Lipinski definition) is 0. The number of aryl methyl sites for hydroxylation is 1. The van der Waals surface area contributed by atoms with E-state index in [0.29, 0.717) is 17.5 Å². The molecular formula is C19H23F4NO. The van der Waals surface area contributed by atoms with Crippen LogP contribution in [0.4, 0.5) is 17.6 Å². The van der Waals surface area contributed by atoms with Crippen LogP contribution in [0.1, 0.15) is 49.7 Å². The molecule has 138 valence electrons. The van der Waals surface area contributed by atoms with Crippen LogP contribution in [0, 0.1) is 18.7 Å². The third-order valence-electron chi connectivity index (χ3n) is 5.44. The van der Waals surface area contributed by atoms with Gasteiger partial charge in [-0.2, -0.15) is 0 Å². The van der Waals surface area contributed by atoms with Gasteiger partial charge in [-0.3, -0.25) is 4.79 Å². The molecule has 2 fully saturated rings. The fourth-order valence-corrected chi connectivity index (χ4v) is 3.99. The number of alkyl halides is 3. The Kier molecular flexibility index (Phi) is 4.82. The van der Waals surface area contributed by atoms with Crippen molar-refractivity contribution in [1.29, 1.82) is 0 Å². The molecule has 6 heteroatoms. The molecular weight excluding hydrogens is 334 g/mol. The Morgan fingerprint density at radius 2 is 1.84 bits per heavy atom. The molecule has 1 heterocycles. The van der Waals surface area contributed by atoms with Crippen molar-refractivity contribution in [3.05, 3.63) is 35.1 Å². The molecule has 3 rings (SSSR count). The first kappa shape index (κ1) is 18.2. The molecule has 25 heavy (non-hydrogen) atoms. The van der Waals surface area contributed by atoms with Gasteiger partial charge in [-0.15, -0.1) is 0 Å². The molecule has 0 spiro atoms. The fraction of sp³-hybridized carbons (Fsp3) is 0.632. The number of halogens is 4. The first-order valence-corrected chi connectivity index (χ1v) is 8.79. The number of rotatable bonds is 3. The standard InChI is InChI=1S/C19H23F4NO/c1-13-8-15(11-16(20)9-13)18(21)4-6-24(7-5-18)17(25)10-14-2-3-19(22,23)12-14/h8-9,11,14H,2-7,10,12H2,1H3. The van der Waals surface area contributed by atoms with Gasteiger partial charge in [-0.25, -0.2) is 17.6 Å². The second kappa shape index (κ2) is 6.61. The summed E-state index contributed by atoms with van der Waals surface area (Å²) >= 11 is 0. The van der Waals surface area contributed by atoms with Gasteiger partial charge in [0.15, 0.2) is 0 Å². The van der Waals surface area contributed by atoms with E-state index in [1.165, 1.54) is 12.1 Å². The summed E-state index contributed by atoms with van der Waals surface area (Å²) < 4.78 is 55.2. The molecule has 1 saturated heterocycles. The van der Waals surface area contributed by atoms with Crippen molar-refractivity contribution in [3.8, 4) is 0 Å². The molecule has 0 aromatic heterocycles. The molecule has 2 nitrogen and oxygen atoms in total. The Balaban J connectivity index is 1.58. The maximum Gasteiger partial charge on any atom is 0.248 e. The molecule has 0 radical (unpaired) electrons. The van der Waals surface area contributed by atoms with Gasteiger partial charge >= 0.3 is 0 Å². The summed E-state index contributed by atoms with van der Waals surface area (Å²) in [5.74, 6) is -3.59. The van der Waals surface area contributed by atoms with Crippen molar-refractivity contribution < 1.29 is 22.4 Å². The van der Waals surface area contributed by atoms with Gasteiger partial charge in [0, 0.05) is 45.2 Å². The van der Waals surface area contributed by atoms with Crippen molar-refractivity contribution >= 4 is 5.91 Å². The maximum atomic E-state index is 15.2. The molecule has 2 aliphatic rings. The SMILES string of the molecule is Cc1cc(F)cc(C2(F)CCN(C(=O)CC3CCC(F)(F)C3)CC2)c1. The van der Waals surface area contributed by atoms with Crippen molar-refractivity contribution in [1.82, 2.24) is 4.90 Å². The zero-order valence-corrected chi connectivity index (χ0v) is 14.3. The van der Waals surface area contributed by atoms with E-state index < -0.39 is 17.4 Å². The van der Waals surface area contributed by atoms with Crippen molar-refractivity contribution in [2.24, 2.45) is 5.92 Å². The minimum Gasteiger partial charge on any atom is -0.342 e. The van der Waals surface area contributed by atoms with Gasteiger partial charge in [-0.05, 0) is 42.5 Å². The van der Waals surface area contributed by atoms with Gasteiger partial charge in [0.1, 0.15) is 11.5 Å². The predicted octanol–water partition coefficient (Wildman–Crippen LogP) is 4.75. The monoisotopic (exact) mass is 357 g/mol. The molecule has 1 amide bonds. The maximum absolute atomic E-state index is 15.2. The summed E-state index contributed by atoms with van der Waals surface area (Å²) in [6.45, 7) is 2.17. The second-order valence-corrected chi connectivity index (χ2v) is 7.53.